The number of aryl methyl sites for hydroxylation is 2. The Morgan fingerprint density at radius 1 is 1.07 bits per heavy atom. The Morgan fingerprint density at radius 3 is 2.31 bits per heavy atom. The molecule has 0 aliphatic carbocycles. The summed E-state index contributed by atoms with van der Waals surface area (Å²) in [6, 6.07) is 5.80. The van der Waals surface area contributed by atoms with Gasteiger partial charge in [0.2, 0.25) is 5.91 Å². The van der Waals surface area contributed by atoms with Crippen LogP contribution in [0.3, 0.4) is 0 Å². The minimum Gasteiger partial charge on any atom is -0.462 e. The molecule has 0 unspecified atom stereocenters. The summed E-state index contributed by atoms with van der Waals surface area (Å²) >= 11 is 1.08. The quantitative estimate of drug-likeness (QED) is 0.665. The number of thiophene rings is 1. The first-order valence-corrected chi connectivity index (χ1v) is 10.3. The van der Waals surface area contributed by atoms with Gasteiger partial charge in [-0.05, 0) is 50.5 Å². The summed E-state index contributed by atoms with van der Waals surface area (Å²) < 4.78 is 5.15. The normalized spacial score (nSPS) is 11.1. The van der Waals surface area contributed by atoms with Gasteiger partial charge in [0.25, 0.3) is 5.91 Å². The number of benzene rings is 1. The lowest BCUT2D eigenvalue weighted by Gasteiger charge is -2.17. The number of carbonyl (C=O) groups excluding carboxylic acids is 3. The molecule has 0 bridgehead atoms. The van der Waals surface area contributed by atoms with Crippen LogP contribution in [0, 0.1) is 26.2 Å². The van der Waals surface area contributed by atoms with Gasteiger partial charge in [0.15, 0.2) is 0 Å². The van der Waals surface area contributed by atoms with E-state index in [0.29, 0.717) is 21.1 Å². The zero-order valence-electron chi connectivity index (χ0n) is 18.0. The van der Waals surface area contributed by atoms with Crippen molar-refractivity contribution in [2.24, 2.45) is 5.41 Å². The van der Waals surface area contributed by atoms with E-state index in [-0.39, 0.29) is 24.0 Å². The second-order valence-corrected chi connectivity index (χ2v) is 8.98. The van der Waals surface area contributed by atoms with Crippen molar-refractivity contribution in [1.29, 1.82) is 0 Å². The Kier molecular flexibility index (Phi) is 6.85. The highest BCUT2D eigenvalue weighted by atomic mass is 32.1. The van der Waals surface area contributed by atoms with E-state index in [9.17, 15) is 14.4 Å². The summed E-state index contributed by atoms with van der Waals surface area (Å²) in [4.78, 5) is 38.3. The molecule has 0 aliphatic heterocycles. The van der Waals surface area contributed by atoms with Crippen LogP contribution < -0.4 is 10.6 Å². The largest absolute Gasteiger partial charge is 0.462 e. The maximum Gasteiger partial charge on any atom is 0.341 e. The van der Waals surface area contributed by atoms with Crippen LogP contribution in [0.15, 0.2) is 18.2 Å². The molecule has 0 fully saturated rings. The molecule has 156 valence electrons. The van der Waals surface area contributed by atoms with Crippen LogP contribution in [0.2, 0.25) is 0 Å². The topological polar surface area (TPSA) is 84.5 Å². The van der Waals surface area contributed by atoms with Gasteiger partial charge >= 0.3 is 5.97 Å². The Balaban J connectivity index is 2.45. The minimum atomic E-state index is -0.648. The van der Waals surface area contributed by atoms with E-state index >= 15 is 0 Å². The van der Waals surface area contributed by atoms with Gasteiger partial charge in [0.05, 0.1) is 17.0 Å². The molecule has 0 aliphatic rings. The highest BCUT2D eigenvalue weighted by molar-refractivity contribution is 7.19. The summed E-state index contributed by atoms with van der Waals surface area (Å²) in [5.74, 6) is -1.13. The summed E-state index contributed by atoms with van der Waals surface area (Å²) in [7, 11) is 0. The number of hydrogen-bond acceptors (Lipinski definition) is 5. The number of nitrogens with one attached hydrogen (secondary N) is 2. The molecule has 0 saturated carbocycles. The molecule has 2 rings (SSSR count). The zero-order valence-corrected chi connectivity index (χ0v) is 18.8. The average molecular weight is 417 g/mol. The molecule has 1 heterocycles. The van der Waals surface area contributed by atoms with Crippen molar-refractivity contribution in [2.45, 2.75) is 48.5 Å². The van der Waals surface area contributed by atoms with Crippen LogP contribution >= 0.6 is 11.3 Å². The maximum atomic E-state index is 13.0. The molecule has 0 spiro atoms. The number of anilines is 2. The summed E-state index contributed by atoms with van der Waals surface area (Å²) in [5, 5.41) is 6.02. The van der Waals surface area contributed by atoms with Crippen LogP contribution in [0.1, 0.15) is 64.4 Å². The lowest BCUT2D eigenvalue weighted by Crippen LogP contribution is -2.28. The predicted octanol–water partition coefficient (Wildman–Crippen LogP) is 5.09. The lowest BCUT2D eigenvalue weighted by atomic mass is 9.96. The fraction of sp³-hybridized carbons (Fsp3) is 0.409. The Bertz CT molecular complexity index is 954. The van der Waals surface area contributed by atoms with E-state index in [1.54, 1.807) is 34.6 Å². The van der Waals surface area contributed by atoms with Crippen LogP contribution in [0.25, 0.3) is 0 Å². The van der Waals surface area contributed by atoms with Crippen molar-refractivity contribution in [2.75, 3.05) is 17.2 Å². The first-order valence-electron chi connectivity index (χ1n) is 9.46. The molecule has 6 nitrogen and oxygen atoms in total. The van der Waals surface area contributed by atoms with E-state index in [0.717, 1.165) is 22.5 Å². The van der Waals surface area contributed by atoms with Crippen molar-refractivity contribution in [3.63, 3.8) is 0 Å². The van der Waals surface area contributed by atoms with Gasteiger partial charge in [-0.25, -0.2) is 4.79 Å². The van der Waals surface area contributed by atoms with Crippen molar-refractivity contribution >= 4 is 39.8 Å². The number of hydrogen-bond donors (Lipinski definition) is 2. The van der Waals surface area contributed by atoms with E-state index in [2.05, 4.69) is 10.6 Å². The lowest BCUT2D eigenvalue weighted by molar-refractivity contribution is -0.123. The summed E-state index contributed by atoms with van der Waals surface area (Å²) in [6.07, 6.45) is 0. The van der Waals surface area contributed by atoms with Crippen molar-refractivity contribution in [1.82, 2.24) is 0 Å². The number of amides is 2. The van der Waals surface area contributed by atoms with Gasteiger partial charge in [-0.3, -0.25) is 9.59 Å². The van der Waals surface area contributed by atoms with Crippen LogP contribution in [0.4, 0.5) is 10.7 Å². The second kappa shape index (κ2) is 8.78. The molecular formula is C22H28N2O4S. The first kappa shape index (κ1) is 22.6. The average Bonchev–Trinajstić information content (AvgIpc) is 2.93. The Morgan fingerprint density at radius 2 is 1.72 bits per heavy atom. The molecule has 2 amide bonds. The Labute approximate surface area is 175 Å². The number of carbonyl (C=O) groups is 3. The van der Waals surface area contributed by atoms with E-state index in [1.165, 1.54) is 0 Å². The fourth-order valence-corrected chi connectivity index (χ4v) is 3.69. The highest BCUT2D eigenvalue weighted by Gasteiger charge is 2.29. The molecule has 1 aromatic carbocycles. The summed E-state index contributed by atoms with van der Waals surface area (Å²) in [5.41, 5.74) is 2.73. The molecule has 0 atom stereocenters. The highest BCUT2D eigenvalue weighted by Crippen LogP contribution is 2.35. The first-order chi connectivity index (χ1) is 13.5. The SMILES string of the molecule is CCOC(=O)c1c(NC(=O)C(C)(C)C)sc(C(=O)Nc2cc(C)ccc2C)c1C. The molecular weight excluding hydrogens is 388 g/mol. The van der Waals surface area contributed by atoms with Gasteiger partial charge in [0.1, 0.15) is 5.00 Å². The van der Waals surface area contributed by atoms with E-state index < -0.39 is 11.4 Å². The minimum absolute atomic E-state index is 0.199. The molecule has 0 radical (unpaired) electrons. The molecule has 2 N–H and O–H groups in total. The maximum absolute atomic E-state index is 13.0. The number of rotatable bonds is 5. The zero-order chi connectivity index (χ0) is 21.9. The third-order valence-corrected chi connectivity index (χ3v) is 5.59. The number of esters is 1. The molecule has 0 saturated heterocycles. The fourth-order valence-electron chi connectivity index (χ4n) is 2.61. The number of ether oxygens (including phenoxy) is 1. The van der Waals surface area contributed by atoms with Crippen molar-refractivity contribution in [3.8, 4) is 0 Å². The van der Waals surface area contributed by atoms with Crippen molar-refractivity contribution in [3.05, 3.63) is 45.3 Å². The standard InChI is InChI=1S/C22H28N2O4S/c1-8-28-20(26)16-14(4)17(29-19(16)24-21(27)22(5,6)7)18(25)23-15-11-12(2)9-10-13(15)3/h9-11H,8H2,1-7H3,(H,23,25)(H,24,27). The smallest absolute Gasteiger partial charge is 0.341 e. The van der Waals surface area contributed by atoms with Gasteiger partial charge in [-0.15, -0.1) is 11.3 Å². The molecule has 2 aromatic rings. The van der Waals surface area contributed by atoms with Crippen LogP contribution in [-0.4, -0.2) is 24.4 Å². The van der Waals surface area contributed by atoms with Gasteiger partial charge in [0, 0.05) is 11.1 Å². The molecule has 1 aromatic heterocycles. The molecule has 7 heteroatoms. The molecule has 29 heavy (non-hydrogen) atoms. The van der Waals surface area contributed by atoms with E-state index in [1.807, 2.05) is 32.0 Å². The van der Waals surface area contributed by atoms with Gasteiger partial charge < -0.3 is 15.4 Å². The Hall–Kier alpha value is -2.67. The monoisotopic (exact) mass is 416 g/mol. The van der Waals surface area contributed by atoms with Gasteiger partial charge in [-0.2, -0.15) is 0 Å². The van der Waals surface area contributed by atoms with Crippen LogP contribution in [-0.2, 0) is 9.53 Å². The van der Waals surface area contributed by atoms with Gasteiger partial charge in [-0.1, -0.05) is 32.9 Å². The second-order valence-electron chi connectivity index (χ2n) is 7.96. The van der Waals surface area contributed by atoms with E-state index in [4.69, 9.17) is 4.74 Å². The third-order valence-electron chi connectivity index (χ3n) is 4.38. The summed E-state index contributed by atoms with van der Waals surface area (Å²) in [6.45, 7) is 12.8. The van der Waals surface area contributed by atoms with Crippen molar-refractivity contribution < 1.29 is 19.1 Å². The third kappa shape index (κ3) is 5.23. The predicted molar refractivity (Wildman–Crippen MR) is 117 cm³/mol. The van der Waals surface area contributed by atoms with Crippen LogP contribution in [0.5, 0.6) is 0 Å².